The van der Waals surface area contributed by atoms with Crippen molar-refractivity contribution in [1.29, 1.82) is 0 Å². The van der Waals surface area contributed by atoms with E-state index in [1.54, 1.807) is 0 Å². The fourth-order valence-electron chi connectivity index (χ4n) is 3.53. The first-order valence-electron chi connectivity index (χ1n) is 10.5. The normalized spacial score (nSPS) is 14.1. The van der Waals surface area contributed by atoms with Crippen molar-refractivity contribution in [3.63, 3.8) is 0 Å². The van der Waals surface area contributed by atoms with E-state index in [0.29, 0.717) is 25.4 Å². The van der Waals surface area contributed by atoms with Crippen molar-refractivity contribution in [1.82, 2.24) is 4.90 Å². The van der Waals surface area contributed by atoms with E-state index in [2.05, 4.69) is 19.2 Å². The first-order valence-corrected chi connectivity index (χ1v) is 10.5. The molecule has 1 aliphatic carbocycles. The van der Waals surface area contributed by atoms with Gasteiger partial charge < -0.3 is 15.0 Å². The van der Waals surface area contributed by atoms with E-state index in [-0.39, 0.29) is 11.8 Å². The molecule has 0 saturated heterocycles. The summed E-state index contributed by atoms with van der Waals surface area (Å²) in [5.74, 6) is 0.904. The molecular formula is C22H34N2O3. The zero-order valence-corrected chi connectivity index (χ0v) is 16.8. The van der Waals surface area contributed by atoms with Crippen molar-refractivity contribution in [2.24, 2.45) is 0 Å². The summed E-state index contributed by atoms with van der Waals surface area (Å²) in [7, 11) is 0. The number of carbonyl (C=O) groups excluding carboxylic acids is 2. The van der Waals surface area contributed by atoms with Crippen molar-refractivity contribution in [3.8, 4) is 5.75 Å². The lowest BCUT2D eigenvalue weighted by Crippen LogP contribution is -2.32. The summed E-state index contributed by atoms with van der Waals surface area (Å²) < 4.78 is 5.98. The first-order chi connectivity index (χ1) is 13.1. The molecule has 2 amide bonds. The third-order valence-electron chi connectivity index (χ3n) is 4.86. The number of rotatable bonds is 11. The summed E-state index contributed by atoms with van der Waals surface area (Å²) in [6.45, 7) is 5.75. The van der Waals surface area contributed by atoms with Crippen molar-refractivity contribution in [3.05, 3.63) is 24.3 Å². The Morgan fingerprint density at radius 1 is 1.11 bits per heavy atom. The maximum Gasteiger partial charge on any atom is 0.224 e. The molecule has 150 valence electrons. The molecule has 2 rings (SSSR count). The molecule has 1 aliphatic rings. The molecule has 27 heavy (non-hydrogen) atoms. The third-order valence-corrected chi connectivity index (χ3v) is 4.86. The van der Waals surface area contributed by atoms with Gasteiger partial charge in [-0.1, -0.05) is 19.9 Å². The summed E-state index contributed by atoms with van der Waals surface area (Å²) in [6.07, 6.45) is 8.26. The topological polar surface area (TPSA) is 58.6 Å². The number of benzene rings is 1. The Morgan fingerprint density at radius 3 is 2.48 bits per heavy atom. The lowest BCUT2D eigenvalue weighted by Gasteiger charge is -2.21. The van der Waals surface area contributed by atoms with Crippen LogP contribution < -0.4 is 10.1 Å². The largest absolute Gasteiger partial charge is 0.490 e. The fourth-order valence-corrected chi connectivity index (χ4v) is 3.53. The molecule has 5 nitrogen and oxygen atoms in total. The molecular weight excluding hydrogens is 340 g/mol. The Morgan fingerprint density at radius 2 is 1.81 bits per heavy atom. The van der Waals surface area contributed by atoms with Gasteiger partial charge in [0, 0.05) is 37.7 Å². The van der Waals surface area contributed by atoms with Crippen molar-refractivity contribution >= 4 is 17.5 Å². The Kier molecular flexibility index (Phi) is 9.16. The molecule has 0 aromatic heterocycles. The van der Waals surface area contributed by atoms with Gasteiger partial charge in [0.1, 0.15) is 5.75 Å². The van der Waals surface area contributed by atoms with Crippen LogP contribution in [-0.2, 0) is 9.59 Å². The zero-order chi connectivity index (χ0) is 19.5. The Labute approximate surface area is 163 Å². The van der Waals surface area contributed by atoms with Crippen LogP contribution in [0.4, 0.5) is 5.69 Å². The Hall–Kier alpha value is -2.04. The summed E-state index contributed by atoms with van der Waals surface area (Å²) in [4.78, 5) is 26.3. The molecule has 0 radical (unpaired) electrons. The quantitative estimate of drug-likeness (QED) is 0.607. The lowest BCUT2D eigenvalue weighted by molar-refractivity contribution is -0.131. The minimum absolute atomic E-state index is 0.0571. The van der Waals surface area contributed by atoms with Crippen LogP contribution in [0.2, 0.25) is 0 Å². The molecule has 1 saturated carbocycles. The maximum absolute atomic E-state index is 12.2. The third kappa shape index (κ3) is 7.61. The van der Waals surface area contributed by atoms with Gasteiger partial charge in [0.25, 0.3) is 0 Å². The lowest BCUT2D eigenvalue weighted by atomic mass is 10.2. The van der Waals surface area contributed by atoms with Gasteiger partial charge in [-0.25, -0.2) is 0 Å². The predicted octanol–water partition coefficient (Wildman–Crippen LogP) is 4.77. The van der Waals surface area contributed by atoms with E-state index in [1.165, 1.54) is 12.8 Å². The highest BCUT2D eigenvalue weighted by molar-refractivity contribution is 5.91. The number of anilines is 1. The summed E-state index contributed by atoms with van der Waals surface area (Å²) >= 11 is 0. The summed E-state index contributed by atoms with van der Waals surface area (Å²) in [6, 6.07) is 7.58. The van der Waals surface area contributed by atoms with Gasteiger partial charge >= 0.3 is 0 Å². The van der Waals surface area contributed by atoms with Crippen LogP contribution in [0.1, 0.15) is 71.6 Å². The Balaban J connectivity index is 1.74. The Bertz CT molecular complexity index is 591. The highest BCUT2D eigenvalue weighted by atomic mass is 16.5. The van der Waals surface area contributed by atoms with E-state index in [4.69, 9.17) is 4.74 Å². The molecule has 1 aromatic rings. The smallest absolute Gasteiger partial charge is 0.224 e. The highest BCUT2D eigenvalue weighted by Crippen LogP contribution is 2.25. The molecule has 1 aromatic carbocycles. The summed E-state index contributed by atoms with van der Waals surface area (Å²) in [5, 5.41) is 2.92. The van der Waals surface area contributed by atoms with Gasteiger partial charge in [-0.2, -0.15) is 0 Å². The SMILES string of the molecule is CCCN(CCC)C(=O)CCCC(=O)Nc1cccc(OC2CCCC2)c1. The summed E-state index contributed by atoms with van der Waals surface area (Å²) in [5.41, 5.74) is 0.750. The second-order valence-corrected chi connectivity index (χ2v) is 7.33. The standard InChI is InChI=1S/C22H34N2O3/c1-3-15-24(16-4-2)22(26)14-8-13-21(25)23-18-9-7-12-20(17-18)27-19-10-5-6-11-19/h7,9,12,17,19H,3-6,8,10-11,13-16H2,1-2H3,(H,23,25). The van der Waals surface area contributed by atoms with Crippen LogP contribution in [-0.4, -0.2) is 35.9 Å². The van der Waals surface area contributed by atoms with Gasteiger partial charge in [-0.15, -0.1) is 0 Å². The number of hydrogen-bond donors (Lipinski definition) is 1. The molecule has 1 N–H and O–H groups in total. The second kappa shape index (κ2) is 11.6. The van der Waals surface area contributed by atoms with Crippen molar-refractivity contribution in [2.75, 3.05) is 18.4 Å². The van der Waals surface area contributed by atoms with Gasteiger partial charge in [0.05, 0.1) is 6.10 Å². The van der Waals surface area contributed by atoms with Gasteiger partial charge in [0.2, 0.25) is 11.8 Å². The van der Waals surface area contributed by atoms with E-state index >= 15 is 0 Å². The minimum atomic E-state index is -0.0571. The van der Waals surface area contributed by atoms with E-state index in [9.17, 15) is 9.59 Å². The number of carbonyl (C=O) groups is 2. The average Bonchev–Trinajstić information content (AvgIpc) is 3.14. The number of nitrogens with one attached hydrogen (secondary N) is 1. The fraction of sp³-hybridized carbons (Fsp3) is 0.636. The number of hydrogen-bond acceptors (Lipinski definition) is 3. The van der Waals surface area contributed by atoms with Crippen LogP contribution in [0.25, 0.3) is 0 Å². The minimum Gasteiger partial charge on any atom is -0.490 e. The van der Waals surface area contributed by atoms with E-state index in [0.717, 1.165) is 50.2 Å². The van der Waals surface area contributed by atoms with Crippen LogP contribution in [0.5, 0.6) is 5.75 Å². The zero-order valence-electron chi connectivity index (χ0n) is 16.8. The number of amides is 2. The monoisotopic (exact) mass is 374 g/mol. The second-order valence-electron chi connectivity index (χ2n) is 7.33. The van der Waals surface area contributed by atoms with Crippen LogP contribution in [0.15, 0.2) is 24.3 Å². The molecule has 1 fully saturated rings. The van der Waals surface area contributed by atoms with Gasteiger partial charge in [0.15, 0.2) is 0 Å². The molecule has 5 heteroatoms. The average molecular weight is 375 g/mol. The predicted molar refractivity (Wildman–Crippen MR) is 109 cm³/mol. The highest BCUT2D eigenvalue weighted by Gasteiger charge is 2.17. The van der Waals surface area contributed by atoms with Crippen molar-refractivity contribution in [2.45, 2.75) is 77.7 Å². The van der Waals surface area contributed by atoms with Crippen LogP contribution >= 0.6 is 0 Å². The van der Waals surface area contributed by atoms with E-state index in [1.807, 2.05) is 29.2 Å². The van der Waals surface area contributed by atoms with Crippen molar-refractivity contribution < 1.29 is 14.3 Å². The van der Waals surface area contributed by atoms with E-state index < -0.39 is 0 Å². The molecule has 0 unspecified atom stereocenters. The number of nitrogens with zero attached hydrogens (tertiary/aromatic N) is 1. The maximum atomic E-state index is 12.2. The molecule has 0 spiro atoms. The molecule has 0 heterocycles. The first kappa shape index (κ1) is 21.3. The molecule has 0 bridgehead atoms. The number of ether oxygens (including phenoxy) is 1. The molecule has 0 atom stereocenters. The molecule has 0 aliphatic heterocycles. The van der Waals surface area contributed by atoms with Crippen LogP contribution in [0.3, 0.4) is 0 Å². The van der Waals surface area contributed by atoms with Gasteiger partial charge in [-0.05, 0) is 57.1 Å². The van der Waals surface area contributed by atoms with Crippen LogP contribution in [0, 0.1) is 0 Å². The van der Waals surface area contributed by atoms with Gasteiger partial charge in [-0.3, -0.25) is 9.59 Å².